The lowest BCUT2D eigenvalue weighted by Crippen LogP contribution is -2.50. The first-order chi connectivity index (χ1) is 13.4. The molecule has 1 saturated carbocycles. The summed E-state index contributed by atoms with van der Waals surface area (Å²) in [5, 5.41) is 2.75. The lowest BCUT2D eigenvalue weighted by Gasteiger charge is -2.38. The standard InChI is InChI=1S/C22H26FN3O2/c1-15(27)26(21-8-3-2-7-20(21)24)14-16-9-11-19(12-10-16)25-22(28)17-5-4-6-18(23)13-17/h4-6,9-13,20-21H,2-3,7-8,14,24H2,1H3,(H,25,28). The normalized spacial score (nSPS) is 19.1. The average Bonchev–Trinajstić information content (AvgIpc) is 2.68. The molecular weight excluding hydrogens is 357 g/mol. The molecule has 1 aliphatic carbocycles. The predicted octanol–water partition coefficient (Wildman–Crippen LogP) is 3.70. The Balaban J connectivity index is 1.66. The summed E-state index contributed by atoms with van der Waals surface area (Å²) in [5.74, 6) is -0.801. The first-order valence-electron chi connectivity index (χ1n) is 9.62. The number of nitrogens with two attached hydrogens (primary N) is 1. The van der Waals surface area contributed by atoms with Gasteiger partial charge in [0.15, 0.2) is 0 Å². The summed E-state index contributed by atoms with van der Waals surface area (Å²) in [7, 11) is 0. The van der Waals surface area contributed by atoms with E-state index in [1.807, 2.05) is 17.0 Å². The van der Waals surface area contributed by atoms with E-state index in [2.05, 4.69) is 5.32 Å². The summed E-state index contributed by atoms with van der Waals surface area (Å²) in [4.78, 5) is 26.2. The predicted molar refractivity (Wildman–Crippen MR) is 107 cm³/mol. The zero-order chi connectivity index (χ0) is 20.1. The van der Waals surface area contributed by atoms with Crippen LogP contribution in [0.2, 0.25) is 0 Å². The van der Waals surface area contributed by atoms with Gasteiger partial charge in [-0.05, 0) is 48.7 Å². The smallest absolute Gasteiger partial charge is 0.255 e. The number of anilines is 1. The van der Waals surface area contributed by atoms with Crippen LogP contribution in [0.1, 0.15) is 48.5 Å². The second-order valence-corrected chi connectivity index (χ2v) is 7.32. The number of nitrogens with one attached hydrogen (secondary N) is 1. The number of halogens is 1. The van der Waals surface area contributed by atoms with E-state index in [1.165, 1.54) is 18.2 Å². The number of hydrogen-bond donors (Lipinski definition) is 2. The second-order valence-electron chi connectivity index (χ2n) is 7.32. The number of rotatable bonds is 5. The van der Waals surface area contributed by atoms with Crippen molar-refractivity contribution in [3.8, 4) is 0 Å². The molecule has 0 spiro atoms. The minimum absolute atomic E-state index is 0.0162. The van der Waals surface area contributed by atoms with Gasteiger partial charge in [-0.3, -0.25) is 9.59 Å². The molecular formula is C22H26FN3O2. The first-order valence-corrected chi connectivity index (χ1v) is 9.62. The molecule has 2 aromatic carbocycles. The topological polar surface area (TPSA) is 75.4 Å². The maximum absolute atomic E-state index is 13.3. The summed E-state index contributed by atoms with van der Waals surface area (Å²) >= 11 is 0. The molecule has 0 radical (unpaired) electrons. The van der Waals surface area contributed by atoms with Crippen LogP contribution in [0.15, 0.2) is 48.5 Å². The molecule has 0 aromatic heterocycles. The van der Waals surface area contributed by atoms with E-state index in [1.54, 1.807) is 25.1 Å². The Bertz CT molecular complexity index is 838. The van der Waals surface area contributed by atoms with Crippen LogP contribution in [0.4, 0.5) is 10.1 Å². The van der Waals surface area contributed by atoms with E-state index in [9.17, 15) is 14.0 Å². The van der Waals surface area contributed by atoms with Crippen molar-refractivity contribution in [3.63, 3.8) is 0 Å². The third-order valence-corrected chi connectivity index (χ3v) is 5.24. The van der Waals surface area contributed by atoms with E-state index in [0.717, 1.165) is 31.2 Å². The highest BCUT2D eigenvalue weighted by molar-refractivity contribution is 6.04. The molecule has 0 bridgehead atoms. The number of carbonyl (C=O) groups is 2. The molecule has 0 heterocycles. The molecule has 6 heteroatoms. The van der Waals surface area contributed by atoms with Crippen molar-refractivity contribution in [3.05, 3.63) is 65.5 Å². The molecule has 3 N–H and O–H groups in total. The molecule has 2 aromatic rings. The molecule has 28 heavy (non-hydrogen) atoms. The van der Waals surface area contributed by atoms with E-state index in [0.29, 0.717) is 12.2 Å². The van der Waals surface area contributed by atoms with Gasteiger partial charge in [0.1, 0.15) is 5.82 Å². The van der Waals surface area contributed by atoms with Crippen molar-refractivity contribution in [1.29, 1.82) is 0 Å². The molecule has 148 valence electrons. The fourth-order valence-corrected chi connectivity index (χ4v) is 3.71. The van der Waals surface area contributed by atoms with Crippen molar-refractivity contribution in [2.75, 3.05) is 5.32 Å². The number of hydrogen-bond acceptors (Lipinski definition) is 3. The number of amides is 2. The molecule has 0 saturated heterocycles. The Kier molecular flexibility index (Phi) is 6.41. The van der Waals surface area contributed by atoms with Gasteiger partial charge < -0.3 is 16.0 Å². The van der Waals surface area contributed by atoms with Gasteiger partial charge in [0.05, 0.1) is 0 Å². The third-order valence-electron chi connectivity index (χ3n) is 5.24. The van der Waals surface area contributed by atoms with Gasteiger partial charge in [0.25, 0.3) is 5.91 Å². The summed E-state index contributed by atoms with van der Waals surface area (Å²) in [5.41, 5.74) is 8.09. The SMILES string of the molecule is CC(=O)N(Cc1ccc(NC(=O)c2cccc(F)c2)cc1)C1CCCCC1N. The van der Waals surface area contributed by atoms with Gasteiger partial charge in [0, 0.05) is 36.8 Å². The molecule has 5 nitrogen and oxygen atoms in total. The van der Waals surface area contributed by atoms with Crippen molar-refractivity contribution in [2.45, 2.75) is 51.2 Å². The minimum Gasteiger partial charge on any atom is -0.334 e. The Labute approximate surface area is 164 Å². The van der Waals surface area contributed by atoms with Gasteiger partial charge in [-0.1, -0.05) is 31.0 Å². The summed E-state index contributed by atoms with van der Waals surface area (Å²) in [6.07, 6.45) is 4.08. The quantitative estimate of drug-likeness (QED) is 0.827. The number of nitrogens with zero attached hydrogens (tertiary/aromatic N) is 1. The zero-order valence-corrected chi connectivity index (χ0v) is 16.0. The lowest BCUT2D eigenvalue weighted by molar-refractivity contribution is -0.133. The van der Waals surface area contributed by atoms with E-state index < -0.39 is 5.82 Å². The summed E-state index contributed by atoms with van der Waals surface area (Å²) < 4.78 is 13.3. The molecule has 3 rings (SSSR count). The Morgan fingerprint density at radius 3 is 2.50 bits per heavy atom. The second kappa shape index (κ2) is 8.97. The highest BCUT2D eigenvalue weighted by atomic mass is 19.1. The average molecular weight is 383 g/mol. The highest BCUT2D eigenvalue weighted by Crippen LogP contribution is 2.24. The Morgan fingerprint density at radius 1 is 1.14 bits per heavy atom. The van der Waals surface area contributed by atoms with Crippen LogP contribution in [0.25, 0.3) is 0 Å². The molecule has 0 aliphatic heterocycles. The maximum Gasteiger partial charge on any atom is 0.255 e. The van der Waals surface area contributed by atoms with Crippen LogP contribution in [0.5, 0.6) is 0 Å². The van der Waals surface area contributed by atoms with Gasteiger partial charge in [-0.15, -0.1) is 0 Å². The number of carbonyl (C=O) groups excluding carboxylic acids is 2. The van der Waals surface area contributed by atoms with Gasteiger partial charge in [0.2, 0.25) is 5.91 Å². The van der Waals surface area contributed by atoms with Crippen molar-refractivity contribution >= 4 is 17.5 Å². The monoisotopic (exact) mass is 383 g/mol. The molecule has 2 unspecified atom stereocenters. The molecule has 1 aliphatic rings. The fourth-order valence-electron chi connectivity index (χ4n) is 3.71. The van der Waals surface area contributed by atoms with Gasteiger partial charge in [-0.2, -0.15) is 0 Å². The first kappa shape index (κ1) is 20.0. The van der Waals surface area contributed by atoms with Crippen LogP contribution in [0.3, 0.4) is 0 Å². The van der Waals surface area contributed by atoms with Crippen molar-refractivity contribution in [1.82, 2.24) is 4.90 Å². The Hall–Kier alpha value is -2.73. The van der Waals surface area contributed by atoms with Crippen LogP contribution >= 0.6 is 0 Å². The van der Waals surface area contributed by atoms with Crippen LogP contribution < -0.4 is 11.1 Å². The maximum atomic E-state index is 13.3. The lowest BCUT2D eigenvalue weighted by atomic mass is 9.89. The van der Waals surface area contributed by atoms with Gasteiger partial charge in [-0.25, -0.2) is 4.39 Å². The zero-order valence-electron chi connectivity index (χ0n) is 16.0. The highest BCUT2D eigenvalue weighted by Gasteiger charge is 2.29. The van der Waals surface area contributed by atoms with Crippen molar-refractivity contribution < 1.29 is 14.0 Å². The largest absolute Gasteiger partial charge is 0.334 e. The molecule has 1 fully saturated rings. The molecule has 2 atom stereocenters. The third kappa shape index (κ3) is 4.95. The summed E-state index contributed by atoms with van der Waals surface area (Å²) in [6, 6.07) is 13.0. The number of benzene rings is 2. The van der Waals surface area contributed by atoms with Crippen LogP contribution in [-0.4, -0.2) is 28.8 Å². The van der Waals surface area contributed by atoms with Crippen molar-refractivity contribution in [2.24, 2.45) is 5.73 Å². The fraction of sp³-hybridized carbons (Fsp3) is 0.364. The van der Waals surface area contributed by atoms with E-state index >= 15 is 0 Å². The van der Waals surface area contributed by atoms with E-state index in [4.69, 9.17) is 5.73 Å². The van der Waals surface area contributed by atoms with E-state index in [-0.39, 0.29) is 29.5 Å². The van der Waals surface area contributed by atoms with Crippen LogP contribution in [-0.2, 0) is 11.3 Å². The van der Waals surface area contributed by atoms with Crippen LogP contribution in [0, 0.1) is 5.82 Å². The Morgan fingerprint density at radius 2 is 1.86 bits per heavy atom. The van der Waals surface area contributed by atoms with Gasteiger partial charge >= 0.3 is 0 Å². The minimum atomic E-state index is -0.451. The summed E-state index contributed by atoms with van der Waals surface area (Å²) in [6.45, 7) is 2.07. The molecule has 2 amide bonds.